The molecule has 0 unspecified atom stereocenters. The summed E-state index contributed by atoms with van der Waals surface area (Å²) in [6, 6.07) is 9.41. The molecule has 7 heteroatoms. The second kappa shape index (κ2) is 8.16. The van der Waals surface area contributed by atoms with Gasteiger partial charge in [0.25, 0.3) is 0 Å². The monoisotopic (exact) mass is 336 g/mol. The Bertz CT molecular complexity index is 830. The smallest absolute Gasteiger partial charge is 0.226 e. The van der Waals surface area contributed by atoms with Crippen molar-refractivity contribution in [1.82, 2.24) is 25.5 Å². The number of rotatable bonds is 7. The van der Waals surface area contributed by atoms with Gasteiger partial charge in [-0.15, -0.1) is 0 Å². The summed E-state index contributed by atoms with van der Waals surface area (Å²) in [6.07, 6.45) is 5.68. The Morgan fingerprint density at radius 2 is 2.12 bits per heavy atom. The topological polar surface area (TPSA) is 95.6 Å². The third-order valence-corrected chi connectivity index (χ3v) is 3.67. The molecule has 25 heavy (non-hydrogen) atoms. The van der Waals surface area contributed by atoms with Crippen molar-refractivity contribution in [1.29, 1.82) is 0 Å². The van der Waals surface area contributed by atoms with Crippen LogP contribution in [0.15, 0.2) is 48.9 Å². The normalized spacial score (nSPS) is 10.6. The van der Waals surface area contributed by atoms with Crippen molar-refractivity contribution in [2.45, 2.75) is 19.9 Å². The lowest BCUT2D eigenvalue weighted by Crippen LogP contribution is -2.22. The van der Waals surface area contributed by atoms with Crippen molar-refractivity contribution in [2.24, 2.45) is 0 Å². The maximum atomic E-state index is 12.0. The number of aryl methyl sites for hydroxylation is 1. The molecule has 0 fully saturated rings. The first kappa shape index (κ1) is 16.8. The predicted octanol–water partition coefficient (Wildman–Crippen LogP) is 2.29. The van der Waals surface area contributed by atoms with Crippen molar-refractivity contribution < 1.29 is 4.79 Å². The third kappa shape index (κ3) is 4.71. The highest BCUT2D eigenvalue weighted by molar-refractivity contribution is 5.89. The van der Waals surface area contributed by atoms with Crippen LogP contribution in [0.5, 0.6) is 0 Å². The molecule has 0 saturated carbocycles. The Morgan fingerprint density at radius 1 is 1.20 bits per heavy atom. The number of carbonyl (C=O) groups excluding carboxylic acids is 1. The van der Waals surface area contributed by atoms with Crippen molar-refractivity contribution in [3.63, 3.8) is 0 Å². The van der Waals surface area contributed by atoms with E-state index in [0.717, 1.165) is 22.5 Å². The van der Waals surface area contributed by atoms with Crippen molar-refractivity contribution in [3.8, 4) is 11.3 Å². The van der Waals surface area contributed by atoms with Gasteiger partial charge in [0.15, 0.2) is 0 Å². The van der Waals surface area contributed by atoms with Gasteiger partial charge in [0.2, 0.25) is 5.91 Å². The van der Waals surface area contributed by atoms with Crippen molar-refractivity contribution >= 4 is 11.7 Å². The first-order valence-corrected chi connectivity index (χ1v) is 8.09. The van der Waals surface area contributed by atoms with Gasteiger partial charge in [-0.05, 0) is 31.2 Å². The van der Waals surface area contributed by atoms with Crippen LogP contribution in [0, 0.1) is 6.92 Å². The summed E-state index contributed by atoms with van der Waals surface area (Å²) in [6.45, 7) is 3.08. The lowest BCUT2D eigenvalue weighted by Gasteiger charge is -2.07. The second-order valence-electron chi connectivity index (χ2n) is 5.65. The lowest BCUT2D eigenvalue weighted by molar-refractivity contribution is -0.116. The minimum absolute atomic E-state index is 0.0646. The summed E-state index contributed by atoms with van der Waals surface area (Å²) in [7, 11) is 0. The van der Waals surface area contributed by atoms with E-state index >= 15 is 0 Å². The summed E-state index contributed by atoms with van der Waals surface area (Å²) in [4.78, 5) is 20.3. The highest BCUT2D eigenvalue weighted by Gasteiger charge is 2.08. The average Bonchev–Trinajstić information content (AvgIpc) is 3.08. The summed E-state index contributed by atoms with van der Waals surface area (Å²) < 4.78 is 0. The van der Waals surface area contributed by atoms with Gasteiger partial charge in [0.05, 0.1) is 11.9 Å². The first-order valence-electron chi connectivity index (χ1n) is 8.09. The Balaban J connectivity index is 1.46. The van der Waals surface area contributed by atoms with Gasteiger partial charge >= 0.3 is 0 Å². The van der Waals surface area contributed by atoms with E-state index in [2.05, 4.69) is 30.8 Å². The van der Waals surface area contributed by atoms with Crippen LogP contribution in [0.2, 0.25) is 0 Å². The van der Waals surface area contributed by atoms with E-state index in [1.54, 1.807) is 24.7 Å². The number of hydrogen-bond acceptors (Lipinski definition) is 5. The molecule has 0 aliphatic heterocycles. The lowest BCUT2D eigenvalue weighted by atomic mass is 10.1. The summed E-state index contributed by atoms with van der Waals surface area (Å²) >= 11 is 0. The predicted molar refractivity (Wildman–Crippen MR) is 95.7 cm³/mol. The molecule has 0 saturated heterocycles. The Kier molecular flexibility index (Phi) is 5.48. The minimum atomic E-state index is -0.0646. The SMILES string of the molecule is Cc1cccc(NC(=O)CCNCc2cn[nH]c2-c2cccnc2)n1. The molecule has 7 nitrogen and oxygen atoms in total. The molecule has 0 spiro atoms. The standard InChI is InChI=1S/C18H20N6O/c1-13-4-2-6-16(22-13)23-17(25)7-9-20-11-15-12-21-24-18(15)14-5-3-8-19-10-14/h2-6,8,10,12,20H,7,9,11H2,1H3,(H,21,24)(H,22,23,25). The fourth-order valence-corrected chi connectivity index (χ4v) is 2.45. The van der Waals surface area contributed by atoms with Crippen LogP contribution in [0.25, 0.3) is 11.3 Å². The van der Waals surface area contributed by atoms with Crippen LogP contribution in [-0.4, -0.2) is 32.6 Å². The molecule has 0 aromatic carbocycles. The Labute approximate surface area is 145 Å². The first-order chi connectivity index (χ1) is 12.2. The number of aromatic amines is 1. The maximum Gasteiger partial charge on any atom is 0.226 e. The van der Waals surface area contributed by atoms with Gasteiger partial charge in [-0.25, -0.2) is 4.98 Å². The summed E-state index contributed by atoms with van der Waals surface area (Å²) in [5.41, 5.74) is 3.83. The molecule has 3 rings (SSSR count). The number of H-pyrrole nitrogens is 1. The average molecular weight is 336 g/mol. The van der Waals surface area contributed by atoms with Crippen LogP contribution in [0.4, 0.5) is 5.82 Å². The summed E-state index contributed by atoms with van der Waals surface area (Å²) in [5.74, 6) is 0.518. The van der Waals surface area contributed by atoms with Crippen molar-refractivity contribution in [3.05, 3.63) is 60.2 Å². The molecule has 3 N–H and O–H groups in total. The Hall–Kier alpha value is -3.06. The van der Waals surface area contributed by atoms with Crippen LogP contribution in [-0.2, 0) is 11.3 Å². The maximum absolute atomic E-state index is 12.0. The van der Waals surface area contributed by atoms with Gasteiger partial charge in [-0.3, -0.25) is 14.9 Å². The number of nitrogens with zero attached hydrogens (tertiary/aromatic N) is 3. The number of nitrogens with one attached hydrogen (secondary N) is 3. The molecule has 128 valence electrons. The molecular formula is C18H20N6O. The number of pyridine rings is 2. The van der Waals surface area contributed by atoms with Crippen LogP contribution >= 0.6 is 0 Å². The highest BCUT2D eigenvalue weighted by Crippen LogP contribution is 2.19. The number of amides is 1. The second-order valence-corrected chi connectivity index (χ2v) is 5.65. The molecule has 3 heterocycles. The van der Waals surface area contributed by atoms with Gasteiger partial charge in [0.1, 0.15) is 5.82 Å². The quantitative estimate of drug-likeness (QED) is 0.575. The molecule has 1 amide bonds. The molecular weight excluding hydrogens is 316 g/mol. The zero-order chi connectivity index (χ0) is 17.5. The number of aromatic nitrogens is 4. The van der Waals surface area contributed by atoms with Crippen LogP contribution in [0.3, 0.4) is 0 Å². The van der Waals surface area contributed by atoms with Gasteiger partial charge in [0, 0.05) is 48.7 Å². The zero-order valence-electron chi connectivity index (χ0n) is 14.0. The fraction of sp³-hybridized carbons (Fsp3) is 0.222. The van der Waals surface area contributed by atoms with Gasteiger partial charge < -0.3 is 10.6 Å². The molecule has 0 aliphatic rings. The molecule has 0 aliphatic carbocycles. The molecule has 0 atom stereocenters. The van der Waals surface area contributed by atoms with E-state index in [4.69, 9.17) is 0 Å². The van der Waals surface area contributed by atoms with Gasteiger partial charge in [-0.2, -0.15) is 5.10 Å². The van der Waals surface area contributed by atoms with Crippen LogP contribution in [0.1, 0.15) is 17.7 Å². The molecule has 0 bridgehead atoms. The van der Waals surface area contributed by atoms with E-state index in [9.17, 15) is 4.79 Å². The van der Waals surface area contributed by atoms with E-state index in [0.29, 0.717) is 25.3 Å². The molecule has 3 aromatic heterocycles. The van der Waals surface area contributed by atoms with E-state index in [-0.39, 0.29) is 5.91 Å². The molecule has 3 aromatic rings. The Morgan fingerprint density at radius 3 is 2.92 bits per heavy atom. The molecule has 0 radical (unpaired) electrons. The fourth-order valence-electron chi connectivity index (χ4n) is 2.45. The number of carbonyl (C=O) groups is 1. The minimum Gasteiger partial charge on any atom is -0.312 e. The number of anilines is 1. The largest absolute Gasteiger partial charge is 0.312 e. The summed E-state index contributed by atoms with van der Waals surface area (Å²) in [5, 5.41) is 13.1. The van der Waals surface area contributed by atoms with Crippen molar-refractivity contribution in [2.75, 3.05) is 11.9 Å². The highest BCUT2D eigenvalue weighted by atomic mass is 16.1. The third-order valence-electron chi connectivity index (χ3n) is 3.67. The van der Waals surface area contributed by atoms with Crippen LogP contribution < -0.4 is 10.6 Å². The van der Waals surface area contributed by atoms with E-state index in [1.165, 1.54) is 0 Å². The van der Waals surface area contributed by atoms with E-state index in [1.807, 2.05) is 31.2 Å². The van der Waals surface area contributed by atoms with E-state index < -0.39 is 0 Å². The number of hydrogen-bond donors (Lipinski definition) is 3. The van der Waals surface area contributed by atoms with Gasteiger partial charge in [-0.1, -0.05) is 6.07 Å². The zero-order valence-corrected chi connectivity index (χ0v) is 14.0.